The minimum absolute atomic E-state index is 0.0622. The quantitative estimate of drug-likeness (QED) is 0.681. The minimum Gasteiger partial charge on any atom is -0.382 e. The summed E-state index contributed by atoms with van der Waals surface area (Å²) < 4.78 is 10.2. The summed E-state index contributed by atoms with van der Waals surface area (Å²) in [6.45, 7) is 5.30. The largest absolute Gasteiger partial charge is 0.382 e. The standard InChI is InChI=1S/C15H23N3O3/c1-20-9-10-21-13-15(19)18-7-5-17(6-8-18)12-14-3-2-4-16-11-14/h2-4,11H,5-10,12-13H2,1H3. The zero-order chi connectivity index (χ0) is 14.9. The number of amides is 1. The Balaban J connectivity index is 1.67. The van der Waals surface area contributed by atoms with Crippen LogP contribution >= 0.6 is 0 Å². The number of pyridine rings is 1. The van der Waals surface area contributed by atoms with Crippen molar-refractivity contribution in [2.24, 2.45) is 0 Å². The number of methoxy groups -OCH3 is 1. The monoisotopic (exact) mass is 293 g/mol. The number of carbonyl (C=O) groups is 1. The van der Waals surface area contributed by atoms with E-state index in [1.165, 1.54) is 5.56 Å². The normalized spacial score (nSPS) is 16.1. The Morgan fingerprint density at radius 2 is 2.10 bits per heavy atom. The van der Waals surface area contributed by atoms with Crippen LogP contribution in [0.25, 0.3) is 0 Å². The van der Waals surface area contributed by atoms with E-state index in [2.05, 4.69) is 16.0 Å². The molecule has 0 aromatic carbocycles. The molecule has 1 aromatic heterocycles. The molecule has 0 spiro atoms. The van der Waals surface area contributed by atoms with Gasteiger partial charge in [0, 0.05) is 52.2 Å². The number of aromatic nitrogens is 1. The van der Waals surface area contributed by atoms with Crippen molar-refractivity contribution >= 4 is 5.91 Å². The zero-order valence-electron chi connectivity index (χ0n) is 12.5. The predicted molar refractivity (Wildman–Crippen MR) is 78.8 cm³/mol. The fourth-order valence-corrected chi connectivity index (χ4v) is 2.30. The molecule has 0 unspecified atom stereocenters. The Morgan fingerprint density at radius 3 is 2.76 bits per heavy atom. The fourth-order valence-electron chi connectivity index (χ4n) is 2.30. The van der Waals surface area contributed by atoms with E-state index in [9.17, 15) is 4.79 Å². The SMILES string of the molecule is COCCOCC(=O)N1CCN(Cc2cccnc2)CC1. The van der Waals surface area contributed by atoms with Crippen LogP contribution in [0.2, 0.25) is 0 Å². The first-order valence-electron chi connectivity index (χ1n) is 7.25. The Labute approximate surface area is 125 Å². The van der Waals surface area contributed by atoms with Crippen molar-refractivity contribution in [3.05, 3.63) is 30.1 Å². The van der Waals surface area contributed by atoms with Crippen LogP contribution in [0.15, 0.2) is 24.5 Å². The van der Waals surface area contributed by atoms with E-state index >= 15 is 0 Å². The van der Waals surface area contributed by atoms with Gasteiger partial charge < -0.3 is 14.4 Å². The van der Waals surface area contributed by atoms with Gasteiger partial charge in [0.2, 0.25) is 5.91 Å². The highest BCUT2D eigenvalue weighted by Gasteiger charge is 2.20. The van der Waals surface area contributed by atoms with Crippen molar-refractivity contribution in [2.75, 3.05) is 53.1 Å². The van der Waals surface area contributed by atoms with Gasteiger partial charge >= 0.3 is 0 Å². The average Bonchev–Trinajstić information content (AvgIpc) is 2.53. The van der Waals surface area contributed by atoms with Gasteiger partial charge in [-0.1, -0.05) is 6.07 Å². The number of hydrogen-bond acceptors (Lipinski definition) is 5. The summed E-state index contributed by atoms with van der Waals surface area (Å²) in [4.78, 5) is 20.3. The molecular weight excluding hydrogens is 270 g/mol. The molecule has 1 aliphatic rings. The van der Waals surface area contributed by atoms with Gasteiger partial charge in [-0.25, -0.2) is 0 Å². The van der Waals surface area contributed by atoms with E-state index in [-0.39, 0.29) is 12.5 Å². The van der Waals surface area contributed by atoms with Crippen molar-refractivity contribution in [1.82, 2.24) is 14.8 Å². The van der Waals surface area contributed by atoms with Crippen LogP contribution in [-0.4, -0.2) is 73.8 Å². The summed E-state index contributed by atoms with van der Waals surface area (Å²) in [7, 11) is 1.62. The van der Waals surface area contributed by atoms with Gasteiger partial charge in [-0.05, 0) is 11.6 Å². The molecule has 116 valence electrons. The van der Waals surface area contributed by atoms with Gasteiger partial charge in [-0.3, -0.25) is 14.7 Å². The third kappa shape index (κ3) is 5.41. The molecule has 1 fully saturated rings. The third-order valence-electron chi connectivity index (χ3n) is 3.51. The minimum atomic E-state index is 0.0622. The maximum Gasteiger partial charge on any atom is 0.248 e. The lowest BCUT2D eigenvalue weighted by Crippen LogP contribution is -2.49. The number of piperazine rings is 1. The molecule has 1 aromatic rings. The highest BCUT2D eigenvalue weighted by molar-refractivity contribution is 5.77. The molecule has 1 amide bonds. The first-order valence-corrected chi connectivity index (χ1v) is 7.25. The van der Waals surface area contributed by atoms with E-state index in [4.69, 9.17) is 9.47 Å². The van der Waals surface area contributed by atoms with Gasteiger partial charge in [-0.15, -0.1) is 0 Å². The zero-order valence-corrected chi connectivity index (χ0v) is 12.5. The van der Waals surface area contributed by atoms with Gasteiger partial charge in [0.15, 0.2) is 0 Å². The Kier molecular flexibility index (Phi) is 6.59. The van der Waals surface area contributed by atoms with Crippen molar-refractivity contribution in [1.29, 1.82) is 0 Å². The van der Waals surface area contributed by atoms with E-state index in [1.807, 2.05) is 17.2 Å². The molecule has 0 bridgehead atoms. The summed E-state index contributed by atoms with van der Waals surface area (Å²) in [6, 6.07) is 4.03. The number of hydrogen-bond donors (Lipinski definition) is 0. The highest BCUT2D eigenvalue weighted by Crippen LogP contribution is 2.07. The molecule has 6 nitrogen and oxygen atoms in total. The van der Waals surface area contributed by atoms with Crippen LogP contribution in [-0.2, 0) is 20.8 Å². The van der Waals surface area contributed by atoms with Crippen LogP contribution in [0.3, 0.4) is 0 Å². The molecule has 1 aliphatic heterocycles. The summed E-state index contributed by atoms with van der Waals surface area (Å²) in [5.74, 6) is 0.0622. The van der Waals surface area contributed by atoms with Crippen LogP contribution in [0.1, 0.15) is 5.56 Å². The topological polar surface area (TPSA) is 54.9 Å². The smallest absolute Gasteiger partial charge is 0.248 e. The van der Waals surface area contributed by atoms with Gasteiger partial charge in [0.1, 0.15) is 6.61 Å². The van der Waals surface area contributed by atoms with Gasteiger partial charge in [0.05, 0.1) is 13.2 Å². The third-order valence-corrected chi connectivity index (χ3v) is 3.51. The number of rotatable bonds is 7. The van der Waals surface area contributed by atoms with Gasteiger partial charge in [0.25, 0.3) is 0 Å². The van der Waals surface area contributed by atoms with Crippen LogP contribution in [0.4, 0.5) is 0 Å². The molecule has 0 atom stereocenters. The summed E-state index contributed by atoms with van der Waals surface area (Å²) in [6.07, 6.45) is 3.67. The Bertz CT molecular complexity index is 419. The number of ether oxygens (including phenoxy) is 2. The first-order chi connectivity index (χ1) is 10.3. The second kappa shape index (κ2) is 8.71. The van der Waals surface area contributed by atoms with Gasteiger partial charge in [-0.2, -0.15) is 0 Å². The van der Waals surface area contributed by atoms with E-state index < -0.39 is 0 Å². The molecule has 2 rings (SSSR count). The average molecular weight is 293 g/mol. The molecule has 21 heavy (non-hydrogen) atoms. The van der Waals surface area contributed by atoms with E-state index in [1.54, 1.807) is 13.3 Å². The van der Waals surface area contributed by atoms with Crippen molar-refractivity contribution in [2.45, 2.75) is 6.54 Å². The maximum atomic E-state index is 12.0. The molecule has 2 heterocycles. The van der Waals surface area contributed by atoms with Crippen molar-refractivity contribution in [3.8, 4) is 0 Å². The lowest BCUT2D eigenvalue weighted by Gasteiger charge is -2.34. The molecule has 0 saturated carbocycles. The second-order valence-corrected chi connectivity index (χ2v) is 5.06. The first kappa shape index (κ1) is 15.9. The van der Waals surface area contributed by atoms with E-state index in [0.29, 0.717) is 13.2 Å². The Morgan fingerprint density at radius 1 is 1.29 bits per heavy atom. The highest BCUT2D eigenvalue weighted by atomic mass is 16.5. The molecule has 6 heteroatoms. The predicted octanol–water partition coefficient (Wildman–Crippen LogP) is 0.389. The van der Waals surface area contributed by atoms with Crippen LogP contribution in [0, 0.1) is 0 Å². The molecule has 0 radical (unpaired) electrons. The fraction of sp³-hybridized carbons (Fsp3) is 0.600. The second-order valence-electron chi connectivity index (χ2n) is 5.06. The number of carbonyl (C=O) groups excluding carboxylic acids is 1. The number of nitrogens with zero attached hydrogens (tertiary/aromatic N) is 3. The van der Waals surface area contributed by atoms with E-state index in [0.717, 1.165) is 32.7 Å². The van der Waals surface area contributed by atoms with Crippen molar-refractivity contribution < 1.29 is 14.3 Å². The summed E-state index contributed by atoms with van der Waals surface area (Å²) >= 11 is 0. The summed E-state index contributed by atoms with van der Waals surface area (Å²) in [5, 5.41) is 0. The lowest BCUT2D eigenvalue weighted by molar-refractivity contribution is -0.138. The van der Waals surface area contributed by atoms with Crippen LogP contribution < -0.4 is 0 Å². The molecule has 1 saturated heterocycles. The van der Waals surface area contributed by atoms with Crippen molar-refractivity contribution in [3.63, 3.8) is 0 Å². The molecular formula is C15H23N3O3. The maximum absolute atomic E-state index is 12.0. The Hall–Kier alpha value is -1.50. The molecule has 0 N–H and O–H groups in total. The summed E-state index contributed by atoms with van der Waals surface area (Å²) in [5.41, 5.74) is 1.21. The lowest BCUT2D eigenvalue weighted by atomic mass is 10.2. The molecule has 0 aliphatic carbocycles. The van der Waals surface area contributed by atoms with Crippen LogP contribution in [0.5, 0.6) is 0 Å².